The number of allylic oxidation sites excluding steroid dienone is 1. The molecule has 0 aromatic carbocycles. The van der Waals surface area contributed by atoms with E-state index in [0.717, 1.165) is 0 Å². The Balaban J connectivity index is 3.75. The van der Waals surface area contributed by atoms with Crippen LogP contribution in [0.1, 0.15) is 13.3 Å². The first-order chi connectivity index (χ1) is 5.22. The molecule has 0 spiro atoms. The van der Waals surface area contributed by atoms with Crippen LogP contribution in [-0.2, 0) is 4.79 Å². The van der Waals surface area contributed by atoms with Crippen LogP contribution in [0, 0.1) is 11.3 Å². The molecule has 0 fully saturated rings. The summed E-state index contributed by atoms with van der Waals surface area (Å²) in [6.45, 7) is 2.29. The van der Waals surface area contributed by atoms with E-state index in [9.17, 15) is 4.79 Å². The van der Waals surface area contributed by atoms with Gasteiger partial charge in [0.05, 0.1) is 12.5 Å². The highest BCUT2D eigenvalue weighted by Crippen LogP contribution is 1.88. The molecule has 0 aromatic rings. The molecule has 0 aliphatic carbocycles. The zero-order valence-corrected chi connectivity index (χ0v) is 6.87. The normalized spacial score (nSPS) is 9.55. The number of amides is 1. The van der Waals surface area contributed by atoms with Gasteiger partial charge in [-0.1, -0.05) is 6.08 Å². The van der Waals surface area contributed by atoms with E-state index in [0.29, 0.717) is 13.0 Å². The Hall–Kier alpha value is -1.30. The van der Waals surface area contributed by atoms with Gasteiger partial charge in [-0.15, -0.1) is 0 Å². The lowest BCUT2D eigenvalue weighted by molar-refractivity contribution is -0.124. The van der Waals surface area contributed by atoms with Crippen LogP contribution in [0.15, 0.2) is 12.2 Å². The lowest BCUT2D eigenvalue weighted by Gasteiger charge is -2.11. The third-order valence-electron chi connectivity index (χ3n) is 1.24. The van der Waals surface area contributed by atoms with E-state index >= 15 is 0 Å². The SMILES string of the molecule is C/C=C/C(=O)N(C)CCC#N. The summed E-state index contributed by atoms with van der Waals surface area (Å²) < 4.78 is 0. The largest absolute Gasteiger partial charge is 0.341 e. The molecule has 0 radical (unpaired) electrons. The lowest BCUT2D eigenvalue weighted by atomic mass is 10.4. The highest BCUT2D eigenvalue weighted by Gasteiger charge is 2.01. The maximum absolute atomic E-state index is 11.0. The van der Waals surface area contributed by atoms with E-state index in [1.165, 1.54) is 11.0 Å². The van der Waals surface area contributed by atoms with Crippen molar-refractivity contribution in [1.82, 2.24) is 4.90 Å². The Morgan fingerprint density at radius 1 is 1.73 bits per heavy atom. The molecule has 0 aliphatic rings. The van der Waals surface area contributed by atoms with Crippen molar-refractivity contribution in [2.45, 2.75) is 13.3 Å². The predicted octanol–water partition coefficient (Wildman–Crippen LogP) is 0.935. The molecule has 0 saturated heterocycles. The van der Waals surface area contributed by atoms with Crippen LogP contribution < -0.4 is 0 Å². The smallest absolute Gasteiger partial charge is 0.245 e. The molecule has 11 heavy (non-hydrogen) atoms. The number of likely N-dealkylation sites (N-methyl/N-ethyl adjacent to an activating group) is 1. The summed E-state index contributed by atoms with van der Waals surface area (Å²) in [4.78, 5) is 12.5. The van der Waals surface area contributed by atoms with E-state index in [1.807, 2.05) is 6.07 Å². The lowest BCUT2D eigenvalue weighted by Crippen LogP contribution is -2.25. The van der Waals surface area contributed by atoms with Crippen LogP contribution in [0.4, 0.5) is 0 Å². The van der Waals surface area contributed by atoms with Gasteiger partial charge in [0.2, 0.25) is 5.91 Å². The molecule has 3 nitrogen and oxygen atoms in total. The Morgan fingerprint density at radius 2 is 2.36 bits per heavy atom. The second-order valence-electron chi connectivity index (χ2n) is 2.17. The summed E-state index contributed by atoms with van der Waals surface area (Å²) in [6, 6.07) is 1.98. The molecule has 0 saturated carbocycles. The summed E-state index contributed by atoms with van der Waals surface area (Å²) in [5, 5.41) is 8.22. The van der Waals surface area contributed by atoms with Crippen molar-refractivity contribution in [3.8, 4) is 6.07 Å². The summed E-state index contributed by atoms with van der Waals surface area (Å²) in [6.07, 6.45) is 3.56. The molecule has 0 rings (SSSR count). The van der Waals surface area contributed by atoms with Crippen molar-refractivity contribution in [1.29, 1.82) is 5.26 Å². The van der Waals surface area contributed by atoms with Gasteiger partial charge >= 0.3 is 0 Å². The van der Waals surface area contributed by atoms with Crippen LogP contribution in [0.25, 0.3) is 0 Å². The van der Waals surface area contributed by atoms with Crippen molar-refractivity contribution < 1.29 is 4.79 Å². The first kappa shape index (κ1) is 9.70. The summed E-state index contributed by atoms with van der Waals surface area (Å²) >= 11 is 0. The number of hydrogen-bond acceptors (Lipinski definition) is 2. The number of nitrogens with zero attached hydrogens (tertiary/aromatic N) is 2. The molecule has 0 bridgehead atoms. The molecule has 3 heteroatoms. The Kier molecular flexibility index (Phi) is 4.83. The van der Waals surface area contributed by atoms with Crippen LogP contribution in [0.5, 0.6) is 0 Å². The fourth-order valence-corrected chi connectivity index (χ4v) is 0.598. The third kappa shape index (κ3) is 4.15. The maximum Gasteiger partial charge on any atom is 0.245 e. The van der Waals surface area contributed by atoms with Gasteiger partial charge in [0.25, 0.3) is 0 Å². The fraction of sp³-hybridized carbons (Fsp3) is 0.500. The Labute approximate surface area is 66.9 Å². The molecule has 0 heterocycles. The van der Waals surface area contributed by atoms with E-state index < -0.39 is 0 Å². The average molecular weight is 152 g/mol. The maximum atomic E-state index is 11.0. The van der Waals surface area contributed by atoms with E-state index in [-0.39, 0.29) is 5.91 Å². The van der Waals surface area contributed by atoms with Crippen LogP contribution in [-0.4, -0.2) is 24.4 Å². The van der Waals surface area contributed by atoms with Crippen molar-refractivity contribution in [2.24, 2.45) is 0 Å². The minimum atomic E-state index is -0.0530. The van der Waals surface area contributed by atoms with Gasteiger partial charge < -0.3 is 4.90 Å². The van der Waals surface area contributed by atoms with Crippen LogP contribution >= 0.6 is 0 Å². The van der Waals surface area contributed by atoms with Gasteiger partial charge in [-0.3, -0.25) is 4.79 Å². The predicted molar refractivity (Wildman–Crippen MR) is 42.7 cm³/mol. The minimum absolute atomic E-state index is 0.0530. The van der Waals surface area contributed by atoms with E-state index in [1.54, 1.807) is 20.0 Å². The average Bonchev–Trinajstić information content (AvgIpc) is 2.00. The number of hydrogen-bond donors (Lipinski definition) is 0. The quantitative estimate of drug-likeness (QED) is 0.565. The van der Waals surface area contributed by atoms with Crippen LogP contribution in [0.3, 0.4) is 0 Å². The van der Waals surface area contributed by atoms with E-state index in [2.05, 4.69) is 0 Å². The second kappa shape index (κ2) is 5.48. The van der Waals surface area contributed by atoms with Gasteiger partial charge in [-0.2, -0.15) is 5.26 Å². The van der Waals surface area contributed by atoms with Crippen molar-refractivity contribution >= 4 is 5.91 Å². The number of nitriles is 1. The topological polar surface area (TPSA) is 44.1 Å². The van der Waals surface area contributed by atoms with Gasteiger partial charge in [0, 0.05) is 13.6 Å². The molecular formula is C8H12N2O. The monoisotopic (exact) mass is 152 g/mol. The van der Waals surface area contributed by atoms with Crippen LogP contribution in [0.2, 0.25) is 0 Å². The highest BCUT2D eigenvalue weighted by molar-refractivity contribution is 5.87. The minimum Gasteiger partial charge on any atom is -0.341 e. The first-order valence-electron chi connectivity index (χ1n) is 3.47. The number of rotatable bonds is 3. The zero-order valence-electron chi connectivity index (χ0n) is 6.87. The molecule has 0 aromatic heterocycles. The Morgan fingerprint density at radius 3 is 2.82 bits per heavy atom. The third-order valence-corrected chi connectivity index (χ3v) is 1.24. The van der Waals surface area contributed by atoms with Gasteiger partial charge in [0.1, 0.15) is 0 Å². The molecule has 1 amide bonds. The molecule has 0 aliphatic heterocycles. The summed E-state index contributed by atoms with van der Waals surface area (Å²) in [5.74, 6) is -0.0530. The van der Waals surface area contributed by atoms with E-state index in [4.69, 9.17) is 5.26 Å². The molecule has 0 N–H and O–H groups in total. The Bertz CT molecular complexity index is 191. The van der Waals surface area contributed by atoms with Crippen molar-refractivity contribution in [2.75, 3.05) is 13.6 Å². The standard InChI is InChI=1S/C8H12N2O/c1-3-5-8(11)10(2)7-4-6-9/h3,5H,4,7H2,1-2H3/b5-3+. The molecule has 60 valence electrons. The molecular weight excluding hydrogens is 140 g/mol. The first-order valence-corrected chi connectivity index (χ1v) is 3.47. The van der Waals surface area contributed by atoms with Gasteiger partial charge in [-0.05, 0) is 13.0 Å². The summed E-state index contributed by atoms with van der Waals surface area (Å²) in [7, 11) is 1.68. The number of carbonyl (C=O) groups excluding carboxylic acids is 1. The molecule has 0 atom stereocenters. The van der Waals surface area contributed by atoms with Gasteiger partial charge in [-0.25, -0.2) is 0 Å². The number of carbonyl (C=O) groups is 1. The van der Waals surface area contributed by atoms with Gasteiger partial charge in [0.15, 0.2) is 0 Å². The highest BCUT2D eigenvalue weighted by atomic mass is 16.2. The van der Waals surface area contributed by atoms with Crippen molar-refractivity contribution in [3.63, 3.8) is 0 Å². The second-order valence-corrected chi connectivity index (χ2v) is 2.17. The fourth-order valence-electron chi connectivity index (χ4n) is 0.598. The summed E-state index contributed by atoms with van der Waals surface area (Å²) in [5.41, 5.74) is 0. The molecule has 0 unspecified atom stereocenters. The van der Waals surface area contributed by atoms with Crippen molar-refractivity contribution in [3.05, 3.63) is 12.2 Å². The zero-order chi connectivity index (χ0) is 8.69.